The summed E-state index contributed by atoms with van der Waals surface area (Å²) in [5.74, 6) is 1.12. The van der Waals surface area contributed by atoms with Gasteiger partial charge in [-0.05, 0) is 115 Å². The lowest BCUT2D eigenvalue weighted by Crippen LogP contribution is -2.05. The molecule has 0 aliphatic heterocycles. The minimum absolute atomic E-state index is 0.453. The zero-order chi connectivity index (χ0) is 31.0. The molecule has 8 rings (SSSR count). The van der Waals surface area contributed by atoms with E-state index < -0.39 is 0 Å². The summed E-state index contributed by atoms with van der Waals surface area (Å²) in [6, 6.07) is 41.4. The number of rotatable bonds is 5. The number of hydrogen-bond acceptors (Lipinski definition) is 0. The molecule has 1 atom stereocenters. The van der Waals surface area contributed by atoms with Crippen LogP contribution in [0.25, 0.3) is 60.1 Å². The Labute approximate surface area is 273 Å². The zero-order valence-electron chi connectivity index (χ0n) is 27.1. The van der Waals surface area contributed by atoms with E-state index in [1.165, 1.54) is 103 Å². The lowest BCUT2D eigenvalue weighted by Gasteiger charge is -2.25. The van der Waals surface area contributed by atoms with Crippen molar-refractivity contribution in [2.45, 2.75) is 58.3 Å². The van der Waals surface area contributed by atoms with E-state index in [0.717, 1.165) is 6.42 Å². The van der Waals surface area contributed by atoms with Crippen LogP contribution < -0.4 is 0 Å². The Morgan fingerprint density at radius 2 is 1.15 bits per heavy atom. The van der Waals surface area contributed by atoms with Crippen LogP contribution in [-0.4, -0.2) is 0 Å². The van der Waals surface area contributed by atoms with E-state index >= 15 is 0 Å². The smallest absolute Gasteiger partial charge is 0.00201 e. The van der Waals surface area contributed by atoms with Gasteiger partial charge in [-0.25, -0.2) is 0 Å². The molecule has 0 heterocycles. The molecule has 0 aromatic heterocycles. The second-order valence-corrected chi connectivity index (χ2v) is 13.4. The van der Waals surface area contributed by atoms with Gasteiger partial charge < -0.3 is 0 Å². The minimum atomic E-state index is 0.453. The number of hydrogen-bond donors (Lipinski definition) is 0. The first kappa shape index (κ1) is 28.8. The molecule has 0 N–H and O–H groups in total. The van der Waals surface area contributed by atoms with Crippen molar-refractivity contribution < 1.29 is 0 Å². The van der Waals surface area contributed by atoms with Crippen LogP contribution in [0.2, 0.25) is 0 Å². The fraction of sp³-hybridized carbons (Fsp3) is 0.217. The van der Waals surface area contributed by atoms with Crippen molar-refractivity contribution in [3.63, 3.8) is 0 Å². The van der Waals surface area contributed by atoms with E-state index in [1.54, 1.807) is 5.56 Å². The molecule has 6 aromatic carbocycles. The van der Waals surface area contributed by atoms with Gasteiger partial charge in [0.05, 0.1) is 0 Å². The highest BCUT2D eigenvalue weighted by Crippen LogP contribution is 2.47. The van der Waals surface area contributed by atoms with Crippen LogP contribution >= 0.6 is 0 Å². The molecule has 226 valence electrons. The van der Waals surface area contributed by atoms with Crippen molar-refractivity contribution in [1.82, 2.24) is 0 Å². The maximum absolute atomic E-state index is 2.46. The molecule has 0 bridgehead atoms. The standard InChI is InChI=1S/C46H42/c1-3-32-28-31(2)24-25-35(29-32)34-16-13-17-36(30-34)45-40-20-9-11-22-42(40)46(43-23-12-10-21-41(43)45)44-27-26-37(33-14-5-4-6-15-33)38-18-7-8-19-39(38)44/h7-13,16-30,32-33H,3-6,14-15H2,1-2H3. The summed E-state index contributed by atoms with van der Waals surface area (Å²) in [5, 5.41) is 8.05. The Bertz CT molecular complexity index is 2120. The third-order valence-corrected chi connectivity index (χ3v) is 10.6. The van der Waals surface area contributed by atoms with E-state index in [0.29, 0.717) is 11.8 Å². The molecule has 1 unspecified atom stereocenters. The van der Waals surface area contributed by atoms with Crippen molar-refractivity contribution in [2.75, 3.05) is 0 Å². The molecule has 6 aromatic rings. The lowest BCUT2D eigenvalue weighted by molar-refractivity contribution is 0.445. The fourth-order valence-corrected chi connectivity index (χ4v) is 8.27. The van der Waals surface area contributed by atoms with Gasteiger partial charge in [0.25, 0.3) is 0 Å². The number of allylic oxidation sites excluding steroid dienone is 6. The van der Waals surface area contributed by atoms with E-state index in [1.807, 2.05) is 0 Å². The van der Waals surface area contributed by atoms with E-state index in [9.17, 15) is 0 Å². The first-order valence-corrected chi connectivity index (χ1v) is 17.3. The summed E-state index contributed by atoms with van der Waals surface area (Å²) in [6.45, 7) is 4.48. The van der Waals surface area contributed by atoms with E-state index in [2.05, 4.69) is 147 Å². The molecule has 0 amide bonds. The fourth-order valence-electron chi connectivity index (χ4n) is 8.27. The third-order valence-electron chi connectivity index (χ3n) is 10.6. The topological polar surface area (TPSA) is 0 Å². The summed E-state index contributed by atoms with van der Waals surface area (Å²) in [7, 11) is 0. The summed E-state index contributed by atoms with van der Waals surface area (Å²) in [6.07, 6.45) is 17.2. The molecule has 0 heteroatoms. The van der Waals surface area contributed by atoms with Gasteiger partial charge in [-0.2, -0.15) is 0 Å². The summed E-state index contributed by atoms with van der Waals surface area (Å²) >= 11 is 0. The summed E-state index contributed by atoms with van der Waals surface area (Å²) < 4.78 is 0. The predicted octanol–water partition coefficient (Wildman–Crippen LogP) is 13.5. The maximum Gasteiger partial charge on any atom is -0.00201 e. The van der Waals surface area contributed by atoms with Gasteiger partial charge >= 0.3 is 0 Å². The largest absolute Gasteiger partial charge is 0.0747 e. The van der Waals surface area contributed by atoms with Gasteiger partial charge in [-0.1, -0.05) is 159 Å². The molecule has 0 nitrogen and oxygen atoms in total. The SMILES string of the molecule is CCC1C=C(C)C=CC(c2cccc(-c3c4ccccc4c(-c4ccc(C5CCCCC5)c5ccccc45)c4ccccc34)c2)=C1. The third kappa shape index (κ3) is 5.11. The van der Waals surface area contributed by atoms with Crippen LogP contribution in [0.3, 0.4) is 0 Å². The van der Waals surface area contributed by atoms with Crippen LogP contribution in [0.4, 0.5) is 0 Å². The van der Waals surface area contributed by atoms with E-state index in [4.69, 9.17) is 0 Å². The first-order chi connectivity index (χ1) is 22.7. The van der Waals surface area contributed by atoms with Crippen LogP contribution in [-0.2, 0) is 0 Å². The average molecular weight is 595 g/mol. The number of fused-ring (bicyclic) bond motifs is 3. The lowest BCUT2D eigenvalue weighted by atomic mass is 9.79. The van der Waals surface area contributed by atoms with Gasteiger partial charge in [0.15, 0.2) is 0 Å². The van der Waals surface area contributed by atoms with Gasteiger partial charge in [0.2, 0.25) is 0 Å². The van der Waals surface area contributed by atoms with Crippen LogP contribution in [0.1, 0.15) is 69.4 Å². The van der Waals surface area contributed by atoms with Crippen molar-refractivity contribution in [1.29, 1.82) is 0 Å². The maximum atomic E-state index is 2.46. The molecule has 1 fully saturated rings. The molecule has 2 aliphatic rings. The van der Waals surface area contributed by atoms with Crippen molar-refractivity contribution >= 4 is 37.9 Å². The van der Waals surface area contributed by atoms with Crippen LogP contribution in [0.15, 0.2) is 139 Å². The van der Waals surface area contributed by atoms with Gasteiger partial charge in [0, 0.05) is 0 Å². The van der Waals surface area contributed by atoms with Crippen molar-refractivity contribution in [3.8, 4) is 22.3 Å². The zero-order valence-corrected chi connectivity index (χ0v) is 27.1. The Kier molecular flexibility index (Phi) is 7.67. The molecule has 1 saturated carbocycles. The van der Waals surface area contributed by atoms with Gasteiger partial charge in [0.1, 0.15) is 0 Å². The first-order valence-electron chi connectivity index (χ1n) is 17.3. The Hall–Kier alpha value is -4.68. The Morgan fingerprint density at radius 1 is 0.543 bits per heavy atom. The molecule has 0 radical (unpaired) electrons. The van der Waals surface area contributed by atoms with Gasteiger partial charge in [-0.3, -0.25) is 0 Å². The minimum Gasteiger partial charge on any atom is -0.0747 e. The molecule has 0 saturated heterocycles. The van der Waals surface area contributed by atoms with Crippen LogP contribution in [0.5, 0.6) is 0 Å². The average Bonchev–Trinajstić information content (AvgIpc) is 3.31. The Balaban J connectivity index is 1.36. The monoisotopic (exact) mass is 594 g/mol. The number of benzene rings is 6. The highest BCUT2D eigenvalue weighted by atomic mass is 14.3. The molecule has 2 aliphatic carbocycles. The predicted molar refractivity (Wildman–Crippen MR) is 200 cm³/mol. The quantitative estimate of drug-likeness (QED) is 0.174. The molecule has 0 spiro atoms. The second kappa shape index (κ2) is 12.3. The highest BCUT2D eigenvalue weighted by molar-refractivity contribution is 6.23. The summed E-state index contributed by atoms with van der Waals surface area (Å²) in [4.78, 5) is 0. The van der Waals surface area contributed by atoms with Crippen molar-refractivity contribution in [3.05, 3.63) is 150 Å². The van der Waals surface area contributed by atoms with Gasteiger partial charge in [-0.15, -0.1) is 0 Å². The molecular formula is C46H42. The van der Waals surface area contributed by atoms with E-state index in [-0.39, 0.29) is 0 Å². The van der Waals surface area contributed by atoms with Crippen molar-refractivity contribution in [2.24, 2.45) is 5.92 Å². The summed E-state index contributed by atoms with van der Waals surface area (Å²) in [5.41, 5.74) is 10.7. The molecular weight excluding hydrogens is 553 g/mol. The normalized spacial score (nSPS) is 17.3. The van der Waals surface area contributed by atoms with Crippen LogP contribution in [0, 0.1) is 5.92 Å². The molecule has 46 heavy (non-hydrogen) atoms. The highest BCUT2D eigenvalue weighted by Gasteiger charge is 2.22. The second-order valence-electron chi connectivity index (χ2n) is 13.4. The Morgan fingerprint density at radius 3 is 1.83 bits per heavy atom.